The third-order valence-corrected chi connectivity index (χ3v) is 5.12. The van der Waals surface area contributed by atoms with E-state index in [2.05, 4.69) is 20.6 Å². The van der Waals surface area contributed by atoms with Gasteiger partial charge in [-0.15, -0.1) is 10.2 Å². The molecule has 0 spiro atoms. The van der Waals surface area contributed by atoms with Crippen molar-refractivity contribution in [2.45, 2.75) is 26.0 Å². The first-order valence-electron chi connectivity index (χ1n) is 8.94. The van der Waals surface area contributed by atoms with Crippen molar-refractivity contribution < 1.29 is 13.6 Å². The Morgan fingerprint density at radius 3 is 2.66 bits per heavy atom. The summed E-state index contributed by atoms with van der Waals surface area (Å²) in [6.07, 6.45) is 1.53. The number of aromatic nitrogens is 4. The van der Waals surface area contributed by atoms with Gasteiger partial charge in [0.2, 0.25) is 5.91 Å². The third-order valence-electron chi connectivity index (χ3n) is 4.30. The second kappa shape index (κ2) is 7.96. The molecule has 8 nitrogen and oxygen atoms in total. The van der Waals surface area contributed by atoms with Gasteiger partial charge in [-0.25, -0.2) is 4.68 Å². The van der Waals surface area contributed by atoms with Crippen LogP contribution in [0.4, 0.5) is 5.69 Å². The number of furan rings is 1. The normalized spacial score (nSPS) is 11.0. The first-order chi connectivity index (χ1) is 14.0. The lowest BCUT2D eigenvalue weighted by Crippen LogP contribution is -2.15. The molecular weight excluding hydrogens is 390 g/mol. The maximum Gasteiger partial charge on any atom is 0.284 e. The van der Waals surface area contributed by atoms with Crippen LogP contribution in [0.25, 0.3) is 17.3 Å². The van der Waals surface area contributed by atoms with Crippen LogP contribution in [0.5, 0.6) is 0 Å². The molecular formula is C20H19N5O3S. The average Bonchev–Trinajstić information content (AvgIpc) is 3.44. The first kappa shape index (κ1) is 19.0. The Morgan fingerprint density at radius 1 is 1.14 bits per heavy atom. The summed E-state index contributed by atoms with van der Waals surface area (Å²) in [5.41, 5.74) is 4.44. The molecule has 4 aromatic rings. The highest BCUT2D eigenvalue weighted by molar-refractivity contribution is 7.99. The van der Waals surface area contributed by atoms with Crippen LogP contribution in [0.1, 0.15) is 17.0 Å². The van der Waals surface area contributed by atoms with Gasteiger partial charge in [-0.05, 0) is 45.0 Å². The molecule has 0 unspecified atom stereocenters. The van der Waals surface area contributed by atoms with Gasteiger partial charge in [-0.2, -0.15) is 5.10 Å². The van der Waals surface area contributed by atoms with Crippen LogP contribution in [0.3, 0.4) is 0 Å². The number of nitrogens with one attached hydrogen (secondary N) is 1. The molecule has 1 N–H and O–H groups in total. The molecule has 0 saturated heterocycles. The second-order valence-corrected chi connectivity index (χ2v) is 7.41. The Balaban J connectivity index is 1.41. The van der Waals surface area contributed by atoms with Crippen LogP contribution in [0.2, 0.25) is 0 Å². The van der Waals surface area contributed by atoms with Gasteiger partial charge >= 0.3 is 0 Å². The molecule has 0 aliphatic heterocycles. The first-order valence-corrected chi connectivity index (χ1v) is 9.93. The Kier molecular flexibility index (Phi) is 5.22. The van der Waals surface area contributed by atoms with Crippen molar-refractivity contribution in [3.05, 3.63) is 59.6 Å². The van der Waals surface area contributed by atoms with Gasteiger partial charge in [-0.1, -0.05) is 29.5 Å². The summed E-state index contributed by atoms with van der Waals surface area (Å²) in [5, 5.41) is 15.6. The van der Waals surface area contributed by atoms with Gasteiger partial charge in [0.15, 0.2) is 5.76 Å². The predicted octanol–water partition coefficient (Wildman–Crippen LogP) is 4.17. The Bertz CT molecular complexity index is 1130. The van der Waals surface area contributed by atoms with Gasteiger partial charge in [0.1, 0.15) is 0 Å². The molecule has 0 atom stereocenters. The fourth-order valence-electron chi connectivity index (χ4n) is 2.83. The third kappa shape index (κ3) is 4.09. The zero-order valence-corrected chi connectivity index (χ0v) is 17.0. The quantitative estimate of drug-likeness (QED) is 0.477. The summed E-state index contributed by atoms with van der Waals surface area (Å²) in [5.74, 6) is 0.726. The minimum Gasteiger partial charge on any atom is -0.459 e. The number of hydrogen-bond donors (Lipinski definition) is 1. The number of aryl methyl sites for hydroxylation is 2. The van der Waals surface area contributed by atoms with Crippen LogP contribution in [0.15, 0.2) is 56.7 Å². The number of anilines is 1. The zero-order chi connectivity index (χ0) is 20.4. The standard InChI is InChI=1S/C20H19N5O3S/c1-12-6-8-15(9-7-12)25-14(3)18(13(2)24-25)21-17(26)11-29-20-23-22-19(28-20)16-5-4-10-27-16/h4-10H,11H2,1-3H3,(H,21,26). The summed E-state index contributed by atoms with van der Waals surface area (Å²) < 4.78 is 12.5. The molecule has 3 heterocycles. The van der Waals surface area contributed by atoms with Crippen LogP contribution < -0.4 is 5.32 Å². The van der Waals surface area contributed by atoms with E-state index in [1.165, 1.54) is 11.8 Å². The number of amides is 1. The number of nitrogens with zero attached hydrogens (tertiary/aromatic N) is 4. The summed E-state index contributed by atoms with van der Waals surface area (Å²) in [6.45, 7) is 5.83. The summed E-state index contributed by atoms with van der Waals surface area (Å²) >= 11 is 1.16. The van der Waals surface area contributed by atoms with Crippen molar-refractivity contribution in [1.82, 2.24) is 20.0 Å². The van der Waals surface area contributed by atoms with Gasteiger partial charge in [-0.3, -0.25) is 4.79 Å². The maximum atomic E-state index is 12.4. The number of rotatable bonds is 6. The lowest BCUT2D eigenvalue weighted by Gasteiger charge is -2.07. The molecule has 29 heavy (non-hydrogen) atoms. The fraction of sp³-hybridized carbons (Fsp3) is 0.200. The lowest BCUT2D eigenvalue weighted by atomic mass is 10.2. The van der Waals surface area contributed by atoms with Gasteiger partial charge in [0.25, 0.3) is 11.1 Å². The predicted molar refractivity (Wildman–Crippen MR) is 109 cm³/mol. The zero-order valence-electron chi connectivity index (χ0n) is 16.2. The Morgan fingerprint density at radius 2 is 1.93 bits per heavy atom. The highest BCUT2D eigenvalue weighted by Crippen LogP contribution is 2.25. The molecule has 1 amide bonds. The molecule has 9 heteroatoms. The van der Waals surface area contributed by atoms with E-state index in [0.29, 0.717) is 16.7 Å². The van der Waals surface area contributed by atoms with Crippen molar-refractivity contribution in [3.8, 4) is 17.3 Å². The molecule has 0 aliphatic rings. The van der Waals surface area contributed by atoms with Gasteiger partial charge in [0.05, 0.1) is 34.8 Å². The minimum absolute atomic E-state index is 0.133. The average molecular weight is 409 g/mol. The van der Waals surface area contributed by atoms with E-state index >= 15 is 0 Å². The number of carbonyl (C=O) groups is 1. The van der Waals surface area contributed by atoms with E-state index in [-0.39, 0.29) is 17.6 Å². The molecule has 0 radical (unpaired) electrons. The fourth-order valence-corrected chi connectivity index (χ4v) is 3.39. The smallest absolute Gasteiger partial charge is 0.284 e. The molecule has 0 saturated carbocycles. The molecule has 0 fully saturated rings. The largest absolute Gasteiger partial charge is 0.459 e. The van der Waals surface area contributed by atoms with Crippen LogP contribution in [-0.2, 0) is 4.79 Å². The SMILES string of the molecule is Cc1ccc(-n2nc(C)c(NC(=O)CSc3nnc(-c4ccco4)o3)c2C)cc1. The summed E-state index contributed by atoms with van der Waals surface area (Å²) in [4.78, 5) is 12.4. The topological polar surface area (TPSA) is 99.0 Å². The molecule has 1 aromatic carbocycles. The van der Waals surface area contributed by atoms with Crippen LogP contribution in [-0.4, -0.2) is 31.6 Å². The molecule has 0 bridgehead atoms. The van der Waals surface area contributed by atoms with E-state index < -0.39 is 0 Å². The lowest BCUT2D eigenvalue weighted by molar-refractivity contribution is -0.113. The summed E-state index contributed by atoms with van der Waals surface area (Å²) in [6, 6.07) is 11.5. The number of hydrogen-bond acceptors (Lipinski definition) is 7. The molecule has 3 aromatic heterocycles. The monoisotopic (exact) mass is 409 g/mol. The van der Waals surface area contributed by atoms with Crippen molar-refractivity contribution in [3.63, 3.8) is 0 Å². The van der Waals surface area contributed by atoms with Crippen LogP contribution >= 0.6 is 11.8 Å². The van der Waals surface area contributed by atoms with E-state index in [4.69, 9.17) is 8.83 Å². The van der Waals surface area contributed by atoms with E-state index in [1.807, 2.05) is 49.7 Å². The van der Waals surface area contributed by atoms with Gasteiger partial charge < -0.3 is 14.2 Å². The Hall–Kier alpha value is -3.33. The highest BCUT2D eigenvalue weighted by Gasteiger charge is 2.17. The van der Waals surface area contributed by atoms with E-state index in [9.17, 15) is 4.79 Å². The molecule has 4 rings (SSSR count). The Labute approximate surface area is 171 Å². The van der Waals surface area contributed by atoms with Gasteiger partial charge in [0, 0.05) is 0 Å². The van der Waals surface area contributed by atoms with Crippen molar-refractivity contribution in [1.29, 1.82) is 0 Å². The van der Waals surface area contributed by atoms with Crippen molar-refractivity contribution in [2.24, 2.45) is 0 Å². The summed E-state index contributed by atoms with van der Waals surface area (Å²) in [7, 11) is 0. The second-order valence-electron chi connectivity index (χ2n) is 6.48. The number of thioether (sulfide) groups is 1. The number of carbonyl (C=O) groups excluding carboxylic acids is 1. The highest BCUT2D eigenvalue weighted by atomic mass is 32.2. The van der Waals surface area contributed by atoms with E-state index in [1.54, 1.807) is 12.1 Å². The minimum atomic E-state index is -0.178. The van der Waals surface area contributed by atoms with E-state index in [0.717, 1.165) is 28.8 Å². The maximum absolute atomic E-state index is 12.4. The van der Waals surface area contributed by atoms with Crippen molar-refractivity contribution >= 4 is 23.4 Å². The molecule has 148 valence electrons. The molecule has 0 aliphatic carbocycles. The number of benzene rings is 1. The van der Waals surface area contributed by atoms with Crippen LogP contribution in [0, 0.1) is 20.8 Å². The van der Waals surface area contributed by atoms with Crippen molar-refractivity contribution in [2.75, 3.05) is 11.1 Å².